The number of amides is 1. The van der Waals surface area contributed by atoms with Gasteiger partial charge in [-0.1, -0.05) is 0 Å². The molecular weight excluding hydrogens is 298 g/mol. The van der Waals surface area contributed by atoms with Gasteiger partial charge in [-0.2, -0.15) is 10.1 Å². The van der Waals surface area contributed by atoms with Gasteiger partial charge in [0.05, 0.1) is 5.69 Å². The van der Waals surface area contributed by atoms with Gasteiger partial charge < -0.3 is 14.9 Å². The van der Waals surface area contributed by atoms with Crippen molar-refractivity contribution >= 4 is 6.09 Å². The Labute approximate surface area is 131 Å². The number of aryl methyl sites for hydroxylation is 3. The highest BCUT2D eigenvalue weighted by molar-refractivity contribution is 5.68. The Morgan fingerprint density at radius 3 is 2.57 bits per heavy atom. The first-order valence-corrected chi connectivity index (χ1v) is 6.89. The summed E-state index contributed by atoms with van der Waals surface area (Å²) in [5.74, 6) is 1.93. The Kier molecular flexibility index (Phi) is 3.57. The third kappa shape index (κ3) is 3.05. The second-order valence-electron chi connectivity index (χ2n) is 5.06. The van der Waals surface area contributed by atoms with Crippen LogP contribution in [-0.4, -0.2) is 25.8 Å². The Morgan fingerprint density at radius 1 is 1.22 bits per heavy atom. The van der Waals surface area contributed by atoms with E-state index in [0.717, 1.165) is 17.1 Å². The number of nitrogens with zero attached hydrogens (tertiary/aromatic N) is 4. The number of furan rings is 1. The van der Waals surface area contributed by atoms with Crippen LogP contribution in [0.4, 0.5) is 4.79 Å². The van der Waals surface area contributed by atoms with E-state index in [4.69, 9.17) is 14.9 Å². The lowest BCUT2D eigenvalue weighted by atomic mass is 10.4. The molecule has 3 aromatic rings. The lowest BCUT2D eigenvalue weighted by molar-refractivity contribution is 0.209. The molecule has 2 N–H and O–H groups in total. The molecule has 0 radical (unpaired) electrons. The van der Waals surface area contributed by atoms with Crippen molar-refractivity contribution in [2.45, 2.75) is 20.8 Å². The number of hydrogen-bond donors (Lipinski definition) is 1. The Balaban J connectivity index is 2.15. The van der Waals surface area contributed by atoms with Crippen molar-refractivity contribution in [1.29, 1.82) is 0 Å². The van der Waals surface area contributed by atoms with Crippen LogP contribution in [0.2, 0.25) is 0 Å². The standard InChI is InChI=1S/C15H15N5O3/c1-8-6-9(2)20(19-8)12-7-13(23-15(16)21)18-14(17-12)11-5-4-10(3)22-11/h4-7H,1-3H3,(H2,16,21). The maximum Gasteiger partial charge on any atom is 0.411 e. The number of carbonyl (C=O) groups excluding carboxylic acids is 1. The summed E-state index contributed by atoms with van der Waals surface area (Å²) in [6.07, 6.45) is -0.954. The van der Waals surface area contributed by atoms with Gasteiger partial charge in [0.25, 0.3) is 0 Å². The van der Waals surface area contributed by atoms with Gasteiger partial charge in [-0.15, -0.1) is 0 Å². The molecule has 3 rings (SSSR count). The van der Waals surface area contributed by atoms with Gasteiger partial charge in [0.2, 0.25) is 11.7 Å². The third-order valence-electron chi connectivity index (χ3n) is 3.08. The Bertz CT molecular complexity index is 881. The molecule has 0 atom stereocenters. The van der Waals surface area contributed by atoms with Crippen LogP contribution in [0.5, 0.6) is 5.88 Å². The molecule has 118 valence electrons. The fourth-order valence-corrected chi connectivity index (χ4v) is 2.20. The normalized spacial score (nSPS) is 10.7. The SMILES string of the molecule is Cc1cc(C)n(-c2cc(OC(N)=O)nc(-c3ccc(C)o3)n2)n1. The average Bonchev–Trinajstić information content (AvgIpc) is 3.03. The van der Waals surface area contributed by atoms with Gasteiger partial charge in [0, 0.05) is 11.8 Å². The minimum Gasteiger partial charge on any atom is -0.458 e. The summed E-state index contributed by atoms with van der Waals surface area (Å²) in [7, 11) is 0. The molecule has 0 aliphatic carbocycles. The van der Waals surface area contributed by atoms with Crippen LogP contribution < -0.4 is 10.5 Å². The first-order valence-electron chi connectivity index (χ1n) is 6.89. The van der Waals surface area contributed by atoms with E-state index < -0.39 is 6.09 Å². The van der Waals surface area contributed by atoms with E-state index in [1.165, 1.54) is 6.07 Å². The molecule has 0 aromatic carbocycles. The van der Waals surface area contributed by atoms with E-state index in [0.29, 0.717) is 11.6 Å². The molecule has 8 nitrogen and oxygen atoms in total. The maximum atomic E-state index is 11.0. The summed E-state index contributed by atoms with van der Waals surface area (Å²) < 4.78 is 12.1. The van der Waals surface area contributed by atoms with Gasteiger partial charge in [0.15, 0.2) is 11.6 Å². The number of aromatic nitrogens is 4. The van der Waals surface area contributed by atoms with E-state index in [2.05, 4.69) is 15.1 Å². The lowest BCUT2D eigenvalue weighted by Gasteiger charge is -2.07. The average molecular weight is 313 g/mol. The highest BCUT2D eigenvalue weighted by Gasteiger charge is 2.15. The van der Waals surface area contributed by atoms with Crippen molar-refractivity contribution in [2.24, 2.45) is 5.73 Å². The van der Waals surface area contributed by atoms with E-state index in [1.807, 2.05) is 26.8 Å². The molecule has 23 heavy (non-hydrogen) atoms. The number of primary amides is 1. The van der Waals surface area contributed by atoms with E-state index in [-0.39, 0.29) is 11.7 Å². The molecule has 8 heteroatoms. The van der Waals surface area contributed by atoms with Gasteiger partial charge in [-0.3, -0.25) is 0 Å². The molecule has 0 unspecified atom stereocenters. The molecule has 0 aliphatic heterocycles. The van der Waals surface area contributed by atoms with Gasteiger partial charge >= 0.3 is 6.09 Å². The van der Waals surface area contributed by atoms with Crippen LogP contribution in [0, 0.1) is 20.8 Å². The van der Waals surface area contributed by atoms with Crippen LogP contribution in [-0.2, 0) is 0 Å². The van der Waals surface area contributed by atoms with Crippen LogP contribution in [0.15, 0.2) is 28.7 Å². The maximum absolute atomic E-state index is 11.0. The summed E-state index contributed by atoms with van der Waals surface area (Å²) in [5.41, 5.74) is 6.80. The van der Waals surface area contributed by atoms with Crippen molar-refractivity contribution in [1.82, 2.24) is 19.7 Å². The zero-order valence-corrected chi connectivity index (χ0v) is 12.9. The van der Waals surface area contributed by atoms with E-state index in [1.54, 1.807) is 16.8 Å². The summed E-state index contributed by atoms with van der Waals surface area (Å²) in [5, 5.41) is 4.36. The van der Waals surface area contributed by atoms with Crippen molar-refractivity contribution in [2.75, 3.05) is 0 Å². The number of hydrogen-bond acceptors (Lipinski definition) is 6. The van der Waals surface area contributed by atoms with Gasteiger partial charge in [-0.05, 0) is 39.0 Å². The smallest absolute Gasteiger partial charge is 0.411 e. The Hall–Kier alpha value is -3.16. The number of ether oxygens (including phenoxy) is 1. The van der Waals surface area contributed by atoms with Crippen molar-refractivity contribution < 1.29 is 13.9 Å². The summed E-state index contributed by atoms with van der Waals surface area (Å²) in [6, 6.07) is 6.93. The Morgan fingerprint density at radius 2 is 2.00 bits per heavy atom. The van der Waals surface area contributed by atoms with Crippen LogP contribution >= 0.6 is 0 Å². The van der Waals surface area contributed by atoms with E-state index in [9.17, 15) is 4.79 Å². The van der Waals surface area contributed by atoms with Crippen molar-refractivity contribution in [3.63, 3.8) is 0 Å². The third-order valence-corrected chi connectivity index (χ3v) is 3.08. The first-order chi connectivity index (χ1) is 10.9. The largest absolute Gasteiger partial charge is 0.458 e. The molecule has 3 aromatic heterocycles. The van der Waals surface area contributed by atoms with Crippen molar-refractivity contribution in [3.8, 4) is 23.3 Å². The molecule has 0 spiro atoms. The highest BCUT2D eigenvalue weighted by atomic mass is 16.6. The van der Waals surface area contributed by atoms with Crippen LogP contribution in [0.25, 0.3) is 17.4 Å². The predicted octanol–water partition coefficient (Wildman–Crippen LogP) is 2.31. The number of nitrogens with two attached hydrogens (primary N) is 1. The van der Waals surface area contributed by atoms with Gasteiger partial charge in [-0.25, -0.2) is 14.5 Å². The number of rotatable bonds is 3. The second-order valence-corrected chi connectivity index (χ2v) is 5.06. The fraction of sp³-hybridized carbons (Fsp3) is 0.200. The monoisotopic (exact) mass is 313 g/mol. The summed E-state index contributed by atoms with van der Waals surface area (Å²) >= 11 is 0. The summed E-state index contributed by atoms with van der Waals surface area (Å²) in [4.78, 5) is 19.6. The summed E-state index contributed by atoms with van der Waals surface area (Å²) in [6.45, 7) is 5.59. The molecule has 0 bridgehead atoms. The topological polar surface area (TPSA) is 109 Å². The molecule has 0 saturated heterocycles. The first kappa shape index (κ1) is 14.8. The van der Waals surface area contributed by atoms with Gasteiger partial charge in [0.1, 0.15) is 5.76 Å². The predicted molar refractivity (Wildman–Crippen MR) is 81.3 cm³/mol. The molecule has 0 aliphatic rings. The molecular formula is C15H15N5O3. The molecule has 1 amide bonds. The molecule has 3 heterocycles. The lowest BCUT2D eigenvalue weighted by Crippen LogP contribution is -2.17. The van der Waals surface area contributed by atoms with E-state index >= 15 is 0 Å². The zero-order valence-electron chi connectivity index (χ0n) is 12.9. The second kappa shape index (κ2) is 5.56. The minimum atomic E-state index is -0.954. The fourth-order valence-electron chi connectivity index (χ4n) is 2.20. The minimum absolute atomic E-state index is 0.0270. The zero-order chi connectivity index (χ0) is 16.6. The van der Waals surface area contributed by atoms with Crippen LogP contribution in [0.1, 0.15) is 17.1 Å². The van der Waals surface area contributed by atoms with Crippen molar-refractivity contribution in [3.05, 3.63) is 41.4 Å². The quantitative estimate of drug-likeness (QED) is 0.794. The molecule has 0 saturated carbocycles. The number of carbonyl (C=O) groups is 1. The van der Waals surface area contributed by atoms with Crippen LogP contribution in [0.3, 0.4) is 0 Å². The highest BCUT2D eigenvalue weighted by Crippen LogP contribution is 2.23. The molecule has 0 fully saturated rings.